The van der Waals surface area contributed by atoms with Gasteiger partial charge < -0.3 is 14.2 Å². The van der Waals surface area contributed by atoms with Gasteiger partial charge in [-0.25, -0.2) is 0 Å². The molecule has 0 spiro atoms. The molecule has 1 aromatic heterocycles. The van der Waals surface area contributed by atoms with Gasteiger partial charge >= 0.3 is 0 Å². The first kappa shape index (κ1) is 14.4. The molecule has 1 aromatic carbocycles. The minimum Gasteiger partial charge on any atom is -0.467 e. The van der Waals surface area contributed by atoms with Gasteiger partial charge in [0.2, 0.25) is 11.8 Å². The fraction of sp³-hybridized carbons (Fsp3) is 0.294. The quantitative estimate of drug-likeness (QED) is 0.869. The number of hydrogen-bond donors (Lipinski definition) is 0. The number of carbonyl (C=O) groups excluding carboxylic acids is 2. The first-order valence-corrected chi connectivity index (χ1v) is 7.31. The lowest BCUT2D eigenvalue weighted by Crippen LogP contribution is -2.41. The normalized spacial score (nSPS) is 13.0. The molecule has 2 aromatic rings. The van der Waals surface area contributed by atoms with Crippen LogP contribution in [0.3, 0.4) is 0 Å². The third-order valence-electron chi connectivity index (χ3n) is 3.89. The standard InChI is InChI=1S/C17H18N2O3/c1-13(20)18(11-15-6-4-10-22-15)12-17(21)19-9-8-14-5-2-3-7-16(14)19/h2-7,10H,8-9,11-12H2,1H3. The van der Waals surface area contributed by atoms with E-state index in [1.54, 1.807) is 23.3 Å². The van der Waals surface area contributed by atoms with Crippen molar-refractivity contribution in [2.75, 3.05) is 18.0 Å². The predicted octanol–water partition coefficient (Wildman–Crippen LogP) is 2.22. The Morgan fingerprint density at radius 2 is 2.05 bits per heavy atom. The molecule has 0 saturated carbocycles. The molecule has 0 unspecified atom stereocenters. The van der Waals surface area contributed by atoms with Crippen molar-refractivity contribution in [2.45, 2.75) is 19.9 Å². The summed E-state index contributed by atoms with van der Waals surface area (Å²) < 4.78 is 5.26. The van der Waals surface area contributed by atoms with Crippen LogP contribution in [0, 0.1) is 0 Å². The van der Waals surface area contributed by atoms with Crippen LogP contribution in [0.15, 0.2) is 47.1 Å². The van der Waals surface area contributed by atoms with Crippen molar-refractivity contribution in [3.8, 4) is 0 Å². The molecule has 1 aliphatic heterocycles. The summed E-state index contributed by atoms with van der Waals surface area (Å²) in [6.07, 6.45) is 2.42. The Kier molecular flexibility index (Phi) is 3.96. The number of amides is 2. The molecule has 0 atom stereocenters. The molecule has 22 heavy (non-hydrogen) atoms. The molecule has 0 saturated heterocycles. The van der Waals surface area contributed by atoms with Gasteiger partial charge in [0.05, 0.1) is 12.8 Å². The van der Waals surface area contributed by atoms with Crippen LogP contribution in [0.4, 0.5) is 5.69 Å². The molecular weight excluding hydrogens is 280 g/mol. The summed E-state index contributed by atoms with van der Waals surface area (Å²) in [4.78, 5) is 27.6. The molecule has 3 rings (SSSR count). The van der Waals surface area contributed by atoms with Crippen LogP contribution >= 0.6 is 0 Å². The molecule has 0 aliphatic carbocycles. The number of nitrogens with zero attached hydrogens (tertiary/aromatic N) is 2. The summed E-state index contributed by atoms with van der Waals surface area (Å²) in [5, 5.41) is 0. The van der Waals surface area contributed by atoms with Gasteiger partial charge in [-0.1, -0.05) is 18.2 Å². The predicted molar refractivity (Wildman–Crippen MR) is 82.3 cm³/mol. The van der Waals surface area contributed by atoms with E-state index in [1.165, 1.54) is 17.4 Å². The molecule has 2 heterocycles. The second-order valence-electron chi connectivity index (χ2n) is 5.38. The highest BCUT2D eigenvalue weighted by molar-refractivity contribution is 5.98. The number of fused-ring (bicyclic) bond motifs is 1. The van der Waals surface area contributed by atoms with Crippen molar-refractivity contribution in [1.82, 2.24) is 4.90 Å². The van der Waals surface area contributed by atoms with Crippen molar-refractivity contribution in [1.29, 1.82) is 0 Å². The Bertz CT molecular complexity index is 679. The molecule has 5 nitrogen and oxygen atoms in total. The molecule has 1 aliphatic rings. The van der Waals surface area contributed by atoms with Crippen LogP contribution in [0.5, 0.6) is 0 Å². The zero-order valence-corrected chi connectivity index (χ0v) is 12.5. The van der Waals surface area contributed by atoms with Crippen molar-refractivity contribution < 1.29 is 14.0 Å². The maximum absolute atomic E-state index is 12.6. The van der Waals surface area contributed by atoms with Crippen LogP contribution in [0.2, 0.25) is 0 Å². The lowest BCUT2D eigenvalue weighted by atomic mass is 10.2. The summed E-state index contributed by atoms with van der Waals surface area (Å²) in [5.41, 5.74) is 2.13. The Balaban J connectivity index is 1.71. The number of hydrogen-bond acceptors (Lipinski definition) is 3. The summed E-state index contributed by atoms with van der Waals surface area (Å²) in [6.45, 7) is 2.51. The van der Waals surface area contributed by atoms with Crippen molar-refractivity contribution >= 4 is 17.5 Å². The summed E-state index contributed by atoms with van der Waals surface area (Å²) in [6, 6.07) is 11.5. The maximum Gasteiger partial charge on any atom is 0.246 e. The van der Waals surface area contributed by atoms with E-state index < -0.39 is 0 Å². The number of benzene rings is 1. The Labute approximate surface area is 129 Å². The number of para-hydroxylation sites is 1. The van der Waals surface area contributed by atoms with E-state index in [1.807, 2.05) is 24.3 Å². The largest absolute Gasteiger partial charge is 0.467 e. The van der Waals surface area contributed by atoms with Crippen LogP contribution in [-0.2, 0) is 22.6 Å². The van der Waals surface area contributed by atoms with Gasteiger partial charge in [-0.3, -0.25) is 9.59 Å². The topological polar surface area (TPSA) is 53.8 Å². The van der Waals surface area contributed by atoms with Gasteiger partial charge in [0.25, 0.3) is 0 Å². The van der Waals surface area contributed by atoms with Gasteiger partial charge in [0, 0.05) is 19.2 Å². The highest BCUT2D eigenvalue weighted by Gasteiger charge is 2.26. The number of anilines is 1. The van der Waals surface area contributed by atoms with E-state index in [-0.39, 0.29) is 18.4 Å². The van der Waals surface area contributed by atoms with E-state index in [9.17, 15) is 9.59 Å². The van der Waals surface area contributed by atoms with Gasteiger partial charge in [0.1, 0.15) is 12.3 Å². The summed E-state index contributed by atoms with van der Waals surface area (Å²) >= 11 is 0. The molecular formula is C17H18N2O3. The first-order chi connectivity index (χ1) is 10.6. The number of carbonyl (C=O) groups is 2. The third kappa shape index (κ3) is 2.88. The third-order valence-corrected chi connectivity index (χ3v) is 3.89. The lowest BCUT2D eigenvalue weighted by Gasteiger charge is -2.23. The monoisotopic (exact) mass is 298 g/mol. The average Bonchev–Trinajstić information content (AvgIpc) is 3.15. The van der Waals surface area contributed by atoms with Crippen LogP contribution in [0.25, 0.3) is 0 Å². The van der Waals surface area contributed by atoms with Crippen molar-refractivity contribution in [3.63, 3.8) is 0 Å². The van der Waals surface area contributed by atoms with Gasteiger partial charge in [-0.15, -0.1) is 0 Å². The van der Waals surface area contributed by atoms with Crippen molar-refractivity contribution in [3.05, 3.63) is 54.0 Å². The minimum atomic E-state index is -0.141. The highest BCUT2D eigenvalue weighted by atomic mass is 16.3. The molecule has 2 amide bonds. The Morgan fingerprint density at radius 1 is 1.23 bits per heavy atom. The van der Waals surface area contributed by atoms with E-state index >= 15 is 0 Å². The zero-order chi connectivity index (χ0) is 15.5. The van der Waals surface area contributed by atoms with E-state index in [0.29, 0.717) is 18.8 Å². The van der Waals surface area contributed by atoms with E-state index in [0.717, 1.165) is 12.1 Å². The SMILES string of the molecule is CC(=O)N(CC(=O)N1CCc2ccccc21)Cc1ccco1. The molecule has 114 valence electrons. The zero-order valence-electron chi connectivity index (χ0n) is 12.5. The maximum atomic E-state index is 12.6. The highest BCUT2D eigenvalue weighted by Crippen LogP contribution is 2.27. The molecule has 5 heteroatoms. The molecule has 0 N–H and O–H groups in total. The van der Waals surface area contributed by atoms with E-state index in [2.05, 4.69) is 0 Å². The van der Waals surface area contributed by atoms with Crippen LogP contribution in [-0.4, -0.2) is 29.8 Å². The summed E-state index contributed by atoms with van der Waals surface area (Å²) in [5.74, 6) is 0.466. The summed E-state index contributed by atoms with van der Waals surface area (Å²) in [7, 11) is 0. The minimum absolute atomic E-state index is 0.0599. The lowest BCUT2D eigenvalue weighted by molar-refractivity contribution is -0.134. The van der Waals surface area contributed by atoms with Gasteiger partial charge in [-0.2, -0.15) is 0 Å². The smallest absolute Gasteiger partial charge is 0.246 e. The Hall–Kier alpha value is -2.56. The first-order valence-electron chi connectivity index (χ1n) is 7.31. The van der Waals surface area contributed by atoms with Gasteiger partial charge in [0.15, 0.2) is 0 Å². The van der Waals surface area contributed by atoms with Crippen LogP contribution in [0.1, 0.15) is 18.2 Å². The fourth-order valence-electron chi connectivity index (χ4n) is 2.72. The van der Waals surface area contributed by atoms with Crippen LogP contribution < -0.4 is 4.90 Å². The molecule has 0 bridgehead atoms. The number of rotatable bonds is 4. The molecule has 0 fully saturated rings. The van der Waals surface area contributed by atoms with E-state index in [4.69, 9.17) is 4.42 Å². The van der Waals surface area contributed by atoms with Crippen molar-refractivity contribution in [2.24, 2.45) is 0 Å². The fourth-order valence-corrected chi connectivity index (χ4v) is 2.72. The Morgan fingerprint density at radius 3 is 2.77 bits per heavy atom. The second kappa shape index (κ2) is 6.05. The number of furan rings is 1. The second-order valence-corrected chi connectivity index (χ2v) is 5.38. The molecule has 0 radical (unpaired) electrons. The average molecular weight is 298 g/mol. The van der Waals surface area contributed by atoms with Gasteiger partial charge in [-0.05, 0) is 30.2 Å².